The van der Waals surface area contributed by atoms with Gasteiger partial charge in [0.2, 0.25) is 5.91 Å². The van der Waals surface area contributed by atoms with Gasteiger partial charge in [-0.05, 0) is 37.3 Å². The molecule has 1 aromatic heterocycles. The summed E-state index contributed by atoms with van der Waals surface area (Å²) in [6, 6.07) is 13.0. The van der Waals surface area contributed by atoms with Crippen molar-refractivity contribution in [2.75, 3.05) is 18.1 Å². The Balaban J connectivity index is 1.36. The topological polar surface area (TPSA) is 77.8 Å². The van der Waals surface area contributed by atoms with Crippen LogP contribution < -0.4 is 15.8 Å². The van der Waals surface area contributed by atoms with Crippen LogP contribution in [0.4, 0.5) is 10.5 Å². The van der Waals surface area contributed by atoms with Gasteiger partial charge in [-0.3, -0.25) is 4.79 Å². The van der Waals surface area contributed by atoms with Crippen LogP contribution in [0.15, 0.2) is 53.0 Å². The monoisotopic (exact) mass is 366 g/mol. The lowest BCUT2D eigenvalue weighted by molar-refractivity contribution is -0.127. The van der Waals surface area contributed by atoms with Gasteiger partial charge in [-0.2, -0.15) is 0 Å². The van der Waals surface area contributed by atoms with Crippen LogP contribution >= 0.6 is 0 Å². The Hall–Kier alpha value is -3.06. The van der Waals surface area contributed by atoms with Crippen molar-refractivity contribution in [1.82, 2.24) is 15.6 Å². The highest BCUT2D eigenvalue weighted by Gasteiger charge is 2.45. The molecule has 2 aromatic rings. The molecule has 0 bridgehead atoms. The van der Waals surface area contributed by atoms with E-state index in [0.717, 1.165) is 11.4 Å². The zero-order valence-electron chi connectivity index (χ0n) is 15.1. The van der Waals surface area contributed by atoms with Gasteiger partial charge in [0, 0.05) is 32.0 Å². The first kappa shape index (κ1) is 17.4. The van der Waals surface area contributed by atoms with Gasteiger partial charge in [0.1, 0.15) is 17.2 Å². The normalized spacial score (nSPS) is 19.1. The fourth-order valence-corrected chi connectivity index (χ4v) is 3.46. The van der Waals surface area contributed by atoms with Crippen LogP contribution in [0.2, 0.25) is 0 Å². The quantitative estimate of drug-likeness (QED) is 0.819. The molecule has 7 heteroatoms. The van der Waals surface area contributed by atoms with E-state index in [1.165, 1.54) is 11.1 Å². The fraction of sp³-hybridized carbons (Fsp3) is 0.300. The molecule has 0 saturated carbocycles. The number of hydrazine groups is 1. The van der Waals surface area contributed by atoms with Crippen LogP contribution in [0.25, 0.3) is 6.08 Å². The van der Waals surface area contributed by atoms with Crippen molar-refractivity contribution in [3.8, 4) is 0 Å². The molecule has 7 nitrogen and oxygen atoms in total. The van der Waals surface area contributed by atoms with Gasteiger partial charge >= 0.3 is 6.03 Å². The number of nitrogens with zero attached hydrogens (tertiary/aromatic N) is 2. The van der Waals surface area contributed by atoms with Crippen molar-refractivity contribution in [2.45, 2.75) is 25.4 Å². The molecule has 27 heavy (non-hydrogen) atoms. The number of aryl methyl sites for hydroxylation is 1. The Morgan fingerprint density at radius 1 is 1.15 bits per heavy atom. The summed E-state index contributed by atoms with van der Waals surface area (Å²) in [5.41, 5.74) is 3.58. The summed E-state index contributed by atoms with van der Waals surface area (Å²) in [4.78, 5) is 26.6. The minimum Gasteiger partial charge on any atom is -0.462 e. The standard InChI is InChI=1S/C20H22N4O3/c1-15-7-8-17(27-15)9-10-18(25)23-13-11-20(12-14-23)21-19(26)24(22-20)16-5-3-2-4-6-16/h2-10,22H,11-14H2,1H3,(H,21,26). The van der Waals surface area contributed by atoms with Crippen LogP contribution in [-0.4, -0.2) is 35.6 Å². The van der Waals surface area contributed by atoms with Crippen molar-refractivity contribution >= 4 is 23.7 Å². The maximum absolute atomic E-state index is 12.4. The number of benzene rings is 1. The predicted octanol–water partition coefficient (Wildman–Crippen LogP) is 2.65. The molecule has 2 saturated heterocycles. The average molecular weight is 366 g/mol. The lowest BCUT2D eigenvalue weighted by Crippen LogP contribution is -2.58. The number of para-hydroxylation sites is 1. The van der Waals surface area contributed by atoms with Gasteiger partial charge in [0.25, 0.3) is 0 Å². The minimum atomic E-state index is -0.508. The molecule has 0 atom stereocenters. The largest absolute Gasteiger partial charge is 0.462 e. The zero-order valence-corrected chi connectivity index (χ0v) is 15.1. The molecule has 4 rings (SSSR count). The number of furan rings is 1. The number of anilines is 1. The lowest BCUT2D eigenvalue weighted by Gasteiger charge is -2.38. The molecule has 0 unspecified atom stereocenters. The van der Waals surface area contributed by atoms with E-state index in [1.807, 2.05) is 49.4 Å². The molecule has 0 radical (unpaired) electrons. The highest BCUT2D eigenvalue weighted by molar-refractivity contribution is 5.94. The van der Waals surface area contributed by atoms with E-state index in [4.69, 9.17) is 4.42 Å². The summed E-state index contributed by atoms with van der Waals surface area (Å²) in [5, 5.41) is 4.58. The van der Waals surface area contributed by atoms with Crippen molar-refractivity contribution in [2.24, 2.45) is 0 Å². The number of piperidine rings is 1. The Morgan fingerprint density at radius 3 is 2.56 bits per heavy atom. The Bertz CT molecular complexity index is 866. The summed E-state index contributed by atoms with van der Waals surface area (Å²) >= 11 is 0. The summed E-state index contributed by atoms with van der Waals surface area (Å²) < 4.78 is 5.44. The number of amides is 3. The highest BCUT2D eigenvalue weighted by atomic mass is 16.3. The van der Waals surface area contributed by atoms with Crippen molar-refractivity contribution in [3.05, 3.63) is 60.1 Å². The second-order valence-corrected chi connectivity index (χ2v) is 6.90. The molecule has 0 aliphatic carbocycles. The van der Waals surface area contributed by atoms with E-state index >= 15 is 0 Å². The van der Waals surface area contributed by atoms with Gasteiger partial charge < -0.3 is 14.6 Å². The maximum Gasteiger partial charge on any atom is 0.338 e. The van der Waals surface area contributed by atoms with Gasteiger partial charge in [0.15, 0.2) is 0 Å². The van der Waals surface area contributed by atoms with Gasteiger partial charge in [-0.15, -0.1) is 0 Å². The predicted molar refractivity (Wildman–Crippen MR) is 102 cm³/mol. The number of carbonyl (C=O) groups excluding carboxylic acids is 2. The molecule has 2 aliphatic heterocycles. The first-order valence-electron chi connectivity index (χ1n) is 9.03. The van der Waals surface area contributed by atoms with E-state index in [-0.39, 0.29) is 11.9 Å². The van der Waals surface area contributed by atoms with Crippen molar-refractivity contribution < 1.29 is 14.0 Å². The number of carbonyl (C=O) groups is 2. The first-order valence-corrected chi connectivity index (χ1v) is 9.03. The molecular formula is C20H22N4O3. The van der Waals surface area contributed by atoms with Gasteiger partial charge in [-0.25, -0.2) is 15.2 Å². The fourth-order valence-electron chi connectivity index (χ4n) is 3.46. The maximum atomic E-state index is 12.4. The first-order chi connectivity index (χ1) is 13.0. The van der Waals surface area contributed by atoms with E-state index in [1.54, 1.807) is 11.0 Å². The molecule has 2 N–H and O–H groups in total. The smallest absolute Gasteiger partial charge is 0.338 e. The zero-order chi connectivity index (χ0) is 18.9. The number of nitrogens with one attached hydrogen (secondary N) is 2. The lowest BCUT2D eigenvalue weighted by atomic mass is 9.98. The Kier molecular flexibility index (Phi) is 4.45. The number of likely N-dealkylation sites (tertiary alicyclic amines) is 1. The van der Waals surface area contributed by atoms with Crippen molar-refractivity contribution in [1.29, 1.82) is 0 Å². The third kappa shape index (κ3) is 3.59. The van der Waals surface area contributed by atoms with Crippen LogP contribution in [-0.2, 0) is 4.79 Å². The summed E-state index contributed by atoms with van der Waals surface area (Å²) in [5.74, 6) is 1.42. The molecule has 2 fully saturated rings. The number of urea groups is 1. The Morgan fingerprint density at radius 2 is 1.89 bits per heavy atom. The summed E-state index contributed by atoms with van der Waals surface area (Å²) in [6.45, 7) is 3.00. The van der Waals surface area contributed by atoms with E-state index < -0.39 is 5.66 Å². The molecule has 3 amide bonds. The minimum absolute atomic E-state index is 0.0526. The SMILES string of the molecule is Cc1ccc(C=CC(=O)N2CCC3(CC2)NC(=O)N(c2ccccc2)N3)o1. The molecule has 1 aromatic carbocycles. The summed E-state index contributed by atoms with van der Waals surface area (Å²) in [7, 11) is 0. The molecular weight excluding hydrogens is 344 g/mol. The van der Waals surface area contributed by atoms with Gasteiger partial charge in [-0.1, -0.05) is 18.2 Å². The van der Waals surface area contributed by atoms with Crippen LogP contribution in [0.1, 0.15) is 24.4 Å². The van der Waals surface area contributed by atoms with E-state index in [0.29, 0.717) is 31.7 Å². The van der Waals surface area contributed by atoms with E-state index in [9.17, 15) is 9.59 Å². The van der Waals surface area contributed by atoms with Gasteiger partial charge in [0.05, 0.1) is 5.69 Å². The summed E-state index contributed by atoms with van der Waals surface area (Å²) in [6.07, 6.45) is 4.50. The molecule has 140 valence electrons. The number of hydrogen-bond donors (Lipinski definition) is 2. The number of rotatable bonds is 3. The highest BCUT2D eigenvalue weighted by Crippen LogP contribution is 2.27. The molecule has 2 aliphatic rings. The van der Waals surface area contributed by atoms with Crippen LogP contribution in [0.5, 0.6) is 0 Å². The number of hydrogen-bond acceptors (Lipinski definition) is 4. The van der Waals surface area contributed by atoms with Crippen LogP contribution in [0, 0.1) is 6.92 Å². The third-order valence-electron chi connectivity index (χ3n) is 4.97. The second kappa shape index (κ2) is 6.92. The molecule has 3 heterocycles. The second-order valence-electron chi connectivity index (χ2n) is 6.90. The van der Waals surface area contributed by atoms with Crippen LogP contribution in [0.3, 0.4) is 0 Å². The van der Waals surface area contributed by atoms with E-state index in [2.05, 4.69) is 10.7 Å². The van der Waals surface area contributed by atoms with Crippen molar-refractivity contribution in [3.63, 3.8) is 0 Å². The Labute approximate surface area is 157 Å². The average Bonchev–Trinajstić information content (AvgIpc) is 3.24. The molecule has 1 spiro atoms. The third-order valence-corrected chi connectivity index (χ3v) is 4.97.